The van der Waals surface area contributed by atoms with Gasteiger partial charge in [-0.2, -0.15) is 0 Å². The average Bonchev–Trinajstić information content (AvgIpc) is 3.17. The predicted molar refractivity (Wildman–Crippen MR) is 111 cm³/mol. The summed E-state index contributed by atoms with van der Waals surface area (Å²) < 4.78 is 0. The number of amides is 2. The van der Waals surface area contributed by atoms with Gasteiger partial charge in [0.2, 0.25) is 5.91 Å². The van der Waals surface area contributed by atoms with E-state index in [0.29, 0.717) is 18.0 Å². The van der Waals surface area contributed by atoms with Crippen molar-refractivity contribution >= 4 is 17.5 Å². The number of benzene rings is 2. The molecule has 0 aliphatic carbocycles. The molecule has 2 aliphatic heterocycles. The quantitative estimate of drug-likeness (QED) is 0.891. The Hall–Kier alpha value is -2.82. The van der Waals surface area contributed by atoms with Crippen LogP contribution in [-0.2, 0) is 17.6 Å². The number of rotatable bonds is 4. The molecule has 0 radical (unpaired) electrons. The van der Waals surface area contributed by atoms with Gasteiger partial charge in [0.25, 0.3) is 5.91 Å². The van der Waals surface area contributed by atoms with E-state index in [1.807, 2.05) is 23.1 Å². The minimum atomic E-state index is -0.124. The van der Waals surface area contributed by atoms with Crippen molar-refractivity contribution in [3.05, 3.63) is 65.2 Å². The van der Waals surface area contributed by atoms with Crippen LogP contribution in [0.25, 0.3) is 0 Å². The molecule has 2 heterocycles. The van der Waals surface area contributed by atoms with Crippen molar-refractivity contribution in [3.8, 4) is 0 Å². The van der Waals surface area contributed by atoms with E-state index in [1.54, 1.807) is 13.1 Å². The van der Waals surface area contributed by atoms with E-state index in [0.717, 1.165) is 44.5 Å². The molecule has 5 nitrogen and oxygen atoms in total. The lowest BCUT2D eigenvalue weighted by Gasteiger charge is -2.38. The van der Waals surface area contributed by atoms with Crippen molar-refractivity contribution in [2.45, 2.75) is 31.7 Å². The molecule has 0 atom stereocenters. The minimum Gasteiger partial charge on any atom is -0.368 e. The molecular weight excluding hydrogens is 350 g/mol. The first kappa shape index (κ1) is 18.5. The molecule has 4 rings (SSSR count). The highest BCUT2D eigenvalue weighted by molar-refractivity contribution is 5.94. The average molecular weight is 377 g/mol. The number of hydrogen-bond donors (Lipinski definition) is 1. The molecule has 2 amide bonds. The number of anilines is 1. The third kappa shape index (κ3) is 3.75. The van der Waals surface area contributed by atoms with Crippen LogP contribution in [0.3, 0.4) is 0 Å². The van der Waals surface area contributed by atoms with Crippen molar-refractivity contribution in [1.29, 1.82) is 0 Å². The summed E-state index contributed by atoms with van der Waals surface area (Å²) in [5.74, 6) is 0.0235. The van der Waals surface area contributed by atoms with Crippen LogP contribution in [0.2, 0.25) is 0 Å². The van der Waals surface area contributed by atoms with Crippen molar-refractivity contribution in [1.82, 2.24) is 10.2 Å². The van der Waals surface area contributed by atoms with E-state index < -0.39 is 0 Å². The number of para-hydroxylation sites is 1. The standard InChI is InChI=1S/C23H27N3O2/c1-24-23(28)19-7-4-5-17(15-19)16-22(27)25-12-10-20(11-13-25)26-14-9-18-6-2-3-8-21(18)26/h2-8,15,20H,9-14,16H2,1H3,(H,24,28). The van der Waals surface area contributed by atoms with Gasteiger partial charge in [0.1, 0.15) is 0 Å². The fourth-order valence-electron chi connectivity index (χ4n) is 4.42. The molecule has 0 spiro atoms. The van der Waals surface area contributed by atoms with Gasteiger partial charge in [-0.3, -0.25) is 9.59 Å². The number of carbonyl (C=O) groups is 2. The maximum Gasteiger partial charge on any atom is 0.251 e. The molecular formula is C23H27N3O2. The van der Waals surface area contributed by atoms with Crippen LogP contribution < -0.4 is 10.2 Å². The molecule has 1 fully saturated rings. The zero-order valence-electron chi connectivity index (χ0n) is 16.4. The van der Waals surface area contributed by atoms with Gasteiger partial charge < -0.3 is 15.1 Å². The third-order valence-corrected chi connectivity index (χ3v) is 5.95. The third-order valence-electron chi connectivity index (χ3n) is 5.95. The Kier molecular flexibility index (Phi) is 5.33. The fraction of sp³-hybridized carbons (Fsp3) is 0.391. The van der Waals surface area contributed by atoms with Crippen molar-refractivity contribution in [3.63, 3.8) is 0 Å². The summed E-state index contributed by atoms with van der Waals surface area (Å²) in [4.78, 5) is 29.1. The minimum absolute atomic E-state index is 0.124. The van der Waals surface area contributed by atoms with Crippen molar-refractivity contribution in [2.24, 2.45) is 0 Å². The van der Waals surface area contributed by atoms with Crippen LogP contribution in [0, 0.1) is 0 Å². The maximum absolute atomic E-state index is 12.8. The van der Waals surface area contributed by atoms with E-state index >= 15 is 0 Å². The van der Waals surface area contributed by atoms with E-state index in [9.17, 15) is 9.59 Å². The zero-order valence-corrected chi connectivity index (χ0v) is 16.4. The Morgan fingerprint density at radius 3 is 2.61 bits per heavy atom. The van der Waals surface area contributed by atoms with Crippen LogP contribution in [-0.4, -0.2) is 49.4 Å². The molecule has 28 heavy (non-hydrogen) atoms. The summed E-state index contributed by atoms with van der Waals surface area (Å²) in [6.45, 7) is 2.69. The van der Waals surface area contributed by atoms with E-state index in [2.05, 4.69) is 34.5 Å². The number of nitrogens with zero attached hydrogens (tertiary/aromatic N) is 2. The first-order valence-corrected chi connectivity index (χ1v) is 10.1. The SMILES string of the molecule is CNC(=O)c1cccc(CC(=O)N2CCC(N3CCc4ccccc43)CC2)c1. The summed E-state index contributed by atoms with van der Waals surface area (Å²) >= 11 is 0. The number of piperidine rings is 1. The number of nitrogens with one attached hydrogen (secondary N) is 1. The van der Waals surface area contributed by atoms with Crippen molar-refractivity contribution in [2.75, 3.05) is 31.6 Å². The molecule has 2 aromatic carbocycles. The molecule has 0 aromatic heterocycles. The maximum atomic E-state index is 12.8. The predicted octanol–water partition coefficient (Wildman–Crippen LogP) is 2.64. The topological polar surface area (TPSA) is 52.7 Å². The molecule has 146 valence electrons. The number of carbonyl (C=O) groups excluding carboxylic acids is 2. The lowest BCUT2D eigenvalue weighted by atomic mass is 10.0. The largest absolute Gasteiger partial charge is 0.368 e. The highest BCUT2D eigenvalue weighted by atomic mass is 16.2. The van der Waals surface area contributed by atoms with Gasteiger partial charge in [0.05, 0.1) is 6.42 Å². The summed E-state index contributed by atoms with van der Waals surface area (Å²) in [6.07, 6.45) is 3.50. The van der Waals surface area contributed by atoms with Gasteiger partial charge in [0, 0.05) is 44.0 Å². The van der Waals surface area contributed by atoms with Gasteiger partial charge in [-0.1, -0.05) is 30.3 Å². The Morgan fingerprint density at radius 2 is 1.82 bits per heavy atom. The number of fused-ring (bicyclic) bond motifs is 1. The van der Waals surface area contributed by atoms with Gasteiger partial charge >= 0.3 is 0 Å². The Labute approximate surface area is 166 Å². The van der Waals surface area contributed by atoms with Crippen LogP contribution in [0.15, 0.2) is 48.5 Å². The van der Waals surface area contributed by atoms with Crippen LogP contribution >= 0.6 is 0 Å². The first-order valence-electron chi connectivity index (χ1n) is 10.1. The zero-order chi connectivity index (χ0) is 19.5. The summed E-state index contributed by atoms with van der Waals surface area (Å²) in [6, 6.07) is 16.5. The molecule has 2 aliphatic rings. The number of hydrogen-bond acceptors (Lipinski definition) is 3. The fourth-order valence-corrected chi connectivity index (χ4v) is 4.42. The van der Waals surface area contributed by atoms with Crippen LogP contribution in [0.5, 0.6) is 0 Å². The van der Waals surface area contributed by atoms with Crippen LogP contribution in [0.4, 0.5) is 5.69 Å². The molecule has 0 bridgehead atoms. The highest BCUT2D eigenvalue weighted by Gasteiger charge is 2.30. The molecule has 1 N–H and O–H groups in total. The molecule has 0 unspecified atom stereocenters. The summed E-state index contributed by atoms with van der Waals surface area (Å²) in [5.41, 5.74) is 4.30. The Morgan fingerprint density at radius 1 is 1.04 bits per heavy atom. The molecule has 1 saturated heterocycles. The summed E-state index contributed by atoms with van der Waals surface area (Å²) in [5, 5.41) is 2.62. The molecule has 0 saturated carbocycles. The van der Waals surface area contributed by atoms with Crippen LogP contribution in [0.1, 0.15) is 34.3 Å². The Balaban J connectivity index is 1.34. The molecule has 2 aromatic rings. The second kappa shape index (κ2) is 8.05. The van der Waals surface area contributed by atoms with Crippen molar-refractivity contribution < 1.29 is 9.59 Å². The number of likely N-dealkylation sites (tertiary alicyclic amines) is 1. The second-order valence-corrected chi connectivity index (χ2v) is 7.64. The van der Waals surface area contributed by atoms with E-state index in [4.69, 9.17) is 0 Å². The smallest absolute Gasteiger partial charge is 0.251 e. The normalized spacial score (nSPS) is 16.8. The van der Waals surface area contributed by atoms with Gasteiger partial charge in [-0.25, -0.2) is 0 Å². The van der Waals surface area contributed by atoms with Gasteiger partial charge in [0.15, 0.2) is 0 Å². The van der Waals surface area contributed by atoms with E-state index in [1.165, 1.54) is 11.3 Å². The highest BCUT2D eigenvalue weighted by Crippen LogP contribution is 2.32. The van der Waals surface area contributed by atoms with E-state index in [-0.39, 0.29) is 11.8 Å². The van der Waals surface area contributed by atoms with Gasteiger partial charge in [-0.15, -0.1) is 0 Å². The lowest BCUT2D eigenvalue weighted by Crippen LogP contribution is -2.46. The lowest BCUT2D eigenvalue weighted by molar-refractivity contribution is -0.131. The first-order chi connectivity index (χ1) is 13.7. The monoisotopic (exact) mass is 377 g/mol. The second-order valence-electron chi connectivity index (χ2n) is 7.64. The summed E-state index contributed by atoms with van der Waals surface area (Å²) in [7, 11) is 1.61. The Bertz CT molecular complexity index is 872. The van der Waals surface area contributed by atoms with Gasteiger partial charge in [-0.05, 0) is 48.6 Å². The molecule has 5 heteroatoms.